The number of nitriles is 1. The van der Waals surface area contributed by atoms with Crippen molar-refractivity contribution in [1.82, 2.24) is 24.8 Å². The third-order valence-electron chi connectivity index (χ3n) is 4.80. The summed E-state index contributed by atoms with van der Waals surface area (Å²) in [5.41, 5.74) is 2.63. The monoisotopic (exact) mass is 334 g/mol. The predicted octanol–water partition coefficient (Wildman–Crippen LogP) is 2.43. The number of aryl methyl sites for hydroxylation is 1. The minimum atomic E-state index is -0.0934. The number of hydrogen-bond donors (Lipinski definition) is 1. The van der Waals surface area contributed by atoms with Gasteiger partial charge in [0.25, 0.3) is 0 Å². The second-order valence-corrected chi connectivity index (χ2v) is 6.45. The number of aromatic nitrogens is 4. The fraction of sp³-hybridized carbons (Fsp3) is 0.389. The zero-order valence-corrected chi connectivity index (χ0v) is 14.0. The number of amides is 1. The van der Waals surface area contributed by atoms with E-state index in [1.165, 1.54) is 0 Å². The van der Waals surface area contributed by atoms with Crippen LogP contribution in [0.3, 0.4) is 0 Å². The Hall–Kier alpha value is -3.01. The first-order valence-corrected chi connectivity index (χ1v) is 8.42. The Morgan fingerprint density at radius 3 is 3.20 bits per heavy atom. The van der Waals surface area contributed by atoms with E-state index in [0.29, 0.717) is 18.7 Å². The van der Waals surface area contributed by atoms with Crippen LogP contribution in [-0.4, -0.2) is 43.8 Å². The lowest BCUT2D eigenvalue weighted by Crippen LogP contribution is -2.39. The quantitative estimate of drug-likeness (QED) is 0.776. The van der Waals surface area contributed by atoms with Crippen molar-refractivity contribution in [3.8, 4) is 6.07 Å². The highest BCUT2D eigenvalue weighted by molar-refractivity contribution is 6.04. The number of nitrogens with zero attached hydrogens (tertiary/aromatic N) is 5. The molecule has 126 valence electrons. The number of nitrogens with one attached hydrogen (secondary N) is 1. The van der Waals surface area contributed by atoms with Crippen LogP contribution in [0, 0.1) is 18.3 Å². The standard InChI is InChI=1S/C18H18N6O/c1-11-22-14-9-21-18-13(5-7-20-18)16(14)17(23-11)12-3-2-8-24(10-12)15(25)4-6-19/h5,7,9,12H,2-4,8,10H2,1H3,(H,22,23). The van der Waals surface area contributed by atoms with Gasteiger partial charge in [0.15, 0.2) is 5.65 Å². The van der Waals surface area contributed by atoms with Crippen LogP contribution in [0.1, 0.15) is 36.7 Å². The molecular formula is C18H18N6O. The molecule has 25 heavy (non-hydrogen) atoms. The average Bonchev–Trinajstić information content (AvgIpc) is 3.10. The number of pyridine rings is 1. The Labute approximate surface area is 144 Å². The molecule has 1 aliphatic rings. The molecule has 7 nitrogen and oxygen atoms in total. The molecule has 0 spiro atoms. The molecule has 0 bridgehead atoms. The van der Waals surface area contributed by atoms with Crippen LogP contribution in [0.2, 0.25) is 0 Å². The van der Waals surface area contributed by atoms with Crippen molar-refractivity contribution < 1.29 is 4.79 Å². The summed E-state index contributed by atoms with van der Waals surface area (Å²) in [4.78, 5) is 30.6. The molecule has 3 aromatic rings. The van der Waals surface area contributed by atoms with Gasteiger partial charge in [-0.3, -0.25) is 4.79 Å². The summed E-state index contributed by atoms with van der Waals surface area (Å²) >= 11 is 0. The summed E-state index contributed by atoms with van der Waals surface area (Å²) in [5, 5.41) is 10.8. The average molecular weight is 334 g/mol. The minimum absolute atomic E-state index is 0.0620. The number of aromatic amines is 1. The van der Waals surface area contributed by atoms with Crippen LogP contribution in [0.15, 0.2) is 18.5 Å². The maximum absolute atomic E-state index is 12.1. The first kappa shape index (κ1) is 15.5. The van der Waals surface area contributed by atoms with Gasteiger partial charge in [0, 0.05) is 41.7 Å². The second-order valence-electron chi connectivity index (χ2n) is 6.45. The number of H-pyrrole nitrogens is 1. The third-order valence-corrected chi connectivity index (χ3v) is 4.80. The Kier molecular flexibility index (Phi) is 3.80. The van der Waals surface area contributed by atoms with Crippen LogP contribution in [0.5, 0.6) is 0 Å². The van der Waals surface area contributed by atoms with Gasteiger partial charge in [-0.1, -0.05) is 0 Å². The summed E-state index contributed by atoms with van der Waals surface area (Å²) in [6, 6.07) is 3.91. The van der Waals surface area contributed by atoms with Gasteiger partial charge in [-0.2, -0.15) is 5.26 Å². The SMILES string of the molecule is Cc1nc2cnc3nccc3c2c(C2CCCN(C(=O)CC#N)C2)[nH]1. The molecule has 1 atom stereocenters. The maximum Gasteiger partial charge on any atom is 0.236 e. The summed E-state index contributed by atoms with van der Waals surface area (Å²) in [6.07, 6.45) is 5.36. The van der Waals surface area contributed by atoms with Gasteiger partial charge in [0.1, 0.15) is 12.2 Å². The molecule has 1 saturated heterocycles. The van der Waals surface area contributed by atoms with Crippen LogP contribution in [0.4, 0.5) is 0 Å². The predicted molar refractivity (Wildman–Crippen MR) is 92.7 cm³/mol. The number of carbonyl (C=O) groups excluding carboxylic acids is 1. The van der Waals surface area contributed by atoms with Gasteiger partial charge in [-0.25, -0.2) is 15.0 Å². The molecule has 4 heterocycles. The number of hydrogen-bond acceptors (Lipinski definition) is 5. The van der Waals surface area contributed by atoms with Gasteiger partial charge in [0.2, 0.25) is 5.91 Å². The lowest BCUT2D eigenvalue weighted by Gasteiger charge is -2.33. The molecule has 0 aromatic carbocycles. The molecule has 1 N–H and O–H groups in total. The van der Waals surface area contributed by atoms with E-state index in [4.69, 9.17) is 5.26 Å². The van der Waals surface area contributed by atoms with Crippen molar-refractivity contribution >= 4 is 27.8 Å². The first-order chi connectivity index (χ1) is 12.2. The van der Waals surface area contributed by atoms with Crippen molar-refractivity contribution in [3.05, 3.63) is 30.0 Å². The molecule has 3 aromatic heterocycles. The van der Waals surface area contributed by atoms with Crippen molar-refractivity contribution in [2.45, 2.75) is 32.1 Å². The van der Waals surface area contributed by atoms with E-state index in [2.05, 4.69) is 19.9 Å². The van der Waals surface area contributed by atoms with Crippen LogP contribution >= 0.6 is 0 Å². The molecule has 0 saturated carbocycles. The van der Waals surface area contributed by atoms with E-state index in [1.807, 2.05) is 19.1 Å². The molecule has 1 amide bonds. The lowest BCUT2D eigenvalue weighted by atomic mass is 9.91. The highest BCUT2D eigenvalue weighted by atomic mass is 16.2. The van der Waals surface area contributed by atoms with Crippen molar-refractivity contribution in [1.29, 1.82) is 5.26 Å². The van der Waals surface area contributed by atoms with Gasteiger partial charge in [0.05, 0.1) is 17.8 Å². The smallest absolute Gasteiger partial charge is 0.236 e. The maximum atomic E-state index is 12.1. The molecule has 1 fully saturated rings. The molecule has 0 radical (unpaired) electrons. The van der Waals surface area contributed by atoms with Crippen molar-refractivity contribution in [2.75, 3.05) is 13.1 Å². The van der Waals surface area contributed by atoms with E-state index in [0.717, 1.165) is 40.6 Å². The zero-order valence-electron chi connectivity index (χ0n) is 14.0. The van der Waals surface area contributed by atoms with Gasteiger partial charge in [-0.05, 0) is 25.8 Å². The normalized spacial score (nSPS) is 17.8. The molecule has 1 unspecified atom stereocenters. The molecule has 4 rings (SSSR count). The molecule has 1 aliphatic heterocycles. The van der Waals surface area contributed by atoms with E-state index in [9.17, 15) is 4.79 Å². The fourth-order valence-corrected chi connectivity index (χ4v) is 3.71. The molecule has 0 aliphatic carbocycles. The van der Waals surface area contributed by atoms with Crippen LogP contribution < -0.4 is 0 Å². The topological polar surface area (TPSA) is 98.6 Å². The van der Waals surface area contributed by atoms with Gasteiger partial charge >= 0.3 is 0 Å². The summed E-state index contributed by atoms with van der Waals surface area (Å²) < 4.78 is 0. The zero-order chi connectivity index (χ0) is 17.4. The van der Waals surface area contributed by atoms with E-state index in [1.54, 1.807) is 17.3 Å². The number of likely N-dealkylation sites (tertiary alicyclic amines) is 1. The van der Waals surface area contributed by atoms with Gasteiger partial charge in [-0.15, -0.1) is 0 Å². The van der Waals surface area contributed by atoms with Crippen molar-refractivity contribution in [3.63, 3.8) is 0 Å². The largest absolute Gasteiger partial charge is 0.346 e. The highest BCUT2D eigenvalue weighted by Gasteiger charge is 2.27. The number of carbonyl (C=O) groups is 1. The van der Waals surface area contributed by atoms with E-state index < -0.39 is 0 Å². The molecule has 7 heteroatoms. The van der Waals surface area contributed by atoms with E-state index >= 15 is 0 Å². The number of fused-ring (bicyclic) bond motifs is 3. The summed E-state index contributed by atoms with van der Waals surface area (Å²) in [5.74, 6) is 0.911. The summed E-state index contributed by atoms with van der Waals surface area (Å²) in [7, 11) is 0. The van der Waals surface area contributed by atoms with Crippen LogP contribution in [-0.2, 0) is 4.79 Å². The number of rotatable bonds is 2. The number of piperidine rings is 1. The van der Waals surface area contributed by atoms with Gasteiger partial charge < -0.3 is 9.88 Å². The highest BCUT2D eigenvalue weighted by Crippen LogP contribution is 2.33. The Balaban J connectivity index is 1.81. The Bertz CT molecular complexity index is 1000. The third kappa shape index (κ3) is 2.70. The Morgan fingerprint density at radius 1 is 1.48 bits per heavy atom. The fourth-order valence-electron chi connectivity index (χ4n) is 3.71. The Morgan fingerprint density at radius 2 is 2.36 bits per heavy atom. The molecular weight excluding hydrogens is 316 g/mol. The van der Waals surface area contributed by atoms with E-state index in [-0.39, 0.29) is 18.2 Å². The lowest BCUT2D eigenvalue weighted by molar-refractivity contribution is -0.131. The summed E-state index contributed by atoms with van der Waals surface area (Å²) in [6.45, 7) is 3.26. The first-order valence-electron chi connectivity index (χ1n) is 8.42. The second kappa shape index (κ2) is 6.13. The van der Waals surface area contributed by atoms with Crippen molar-refractivity contribution in [2.24, 2.45) is 0 Å². The minimum Gasteiger partial charge on any atom is -0.346 e. The van der Waals surface area contributed by atoms with Crippen LogP contribution in [0.25, 0.3) is 21.9 Å².